The molecule has 0 aliphatic carbocycles. The van der Waals surface area contributed by atoms with Gasteiger partial charge in [-0.25, -0.2) is 8.42 Å². The molecule has 0 fully saturated rings. The van der Waals surface area contributed by atoms with E-state index in [2.05, 4.69) is 5.32 Å². The fraction of sp³-hybridized carbons (Fsp3) is 0.375. The van der Waals surface area contributed by atoms with Crippen molar-refractivity contribution in [1.82, 2.24) is 10.2 Å². The van der Waals surface area contributed by atoms with Gasteiger partial charge in [-0.1, -0.05) is 37.3 Å². The van der Waals surface area contributed by atoms with Gasteiger partial charge in [0.15, 0.2) is 11.5 Å². The molecule has 0 aliphatic rings. The van der Waals surface area contributed by atoms with Crippen LogP contribution in [-0.2, 0) is 26.2 Å². The number of carbonyl (C=O) groups excluding carboxylic acids is 2. The molecule has 0 aromatic heterocycles. The Bertz CT molecular complexity index is 1460. The predicted octanol–water partition coefficient (Wildman–Crippen LogP) is 4.63. The van der Waals surface area contributed by atoms with Crippen molar-refractivity contribution in [2.24, 2.45) is 0 Å². The van der Waals surface area contributed by atoms with Crippen molar-refractivity contribution in [1.29, 1.82) is 0 Å². The number of methoxy groups -OCH3 is 2. The highest BCUT2D eigenvalue weighted by Crippen LogP contribution is 2.33. The monoisotopic (exact) mass is 611 g/mol. The summed E-state index contributed by atoms with van der Waals surface area (Å²) in [6, 6.07) is 19.0. The lowest BCUT2D eigenvalue weighted by Gasteiger charge is -2.33. The zero-order valence-electron chi connectivity index (χ0n) is 25.6. The molecule has 2 amide bonds. The molecule has 3 aromatic rings. The van der Waals surface area contributed by atoms with E-state index in [-0.39, 0.29) is 34.8 Å². The SMILES string of the molecule is CCOc1ccc(N(CC(=O)N(Cc2ccccc2)C(CC)C(=O)NC(C)C)S(=O)(=O)c2ccc(OC)c(OC)c2)cc1. The number of anilines is 1. The minimum absolute atomic E-state index is 0.0916. The van der Waals surface area contributed by atoms with Crippen LogP contribution in [0.25, 0.3) is 0 Å². The smallest absolute Gasteiger partial charge is 0.264 e. The first-order valence-corrected chi connectivity index (χ1v) is 15.6. The highest BCUT2D eigenvalue weighted by Gasteiger charge is 2.34. The van der Waals surface area contributed by atoms with E-state index >= 15 is 0 Å². The van der Waals surface area contributed by atoms with Crippen LogP contribution in [0.15, 0.2) is 77.7 Å². The maximum atomic E-state index is 14.2. The summed E-state index contributed by atoms with van der Waals surface area (Å²) in [6.07, 6.45) is 0.336. The molecule has 10 nitrogen and oxygen atoms in total. The van der Waals surface area contributed by atoms with Crippen molar-refractivity contribution in [2.45, 2.75) is 57.6 Å². The van der Waals surface area contributed by atoms with E-state index in [1.165, 1.54) is 37.3 Å². The van der Waals surface area contributed by atoms with Crippen LogP contribution in [0.1, 0.15) is 39.7 Å². The summed E-state index contributed by atoms with van der Waals surface area (Å²) < 4.78 is 45.6. The number of amides is 2. The average Bonchev–Trinajstić information content (AvgIpc) is 3.00. The van der Waals surface area contributed by atoms with Crippen LogP contribution in [-0.4, -0.2) is 64.6 Å². The summed E-state index contributed by atoms with van der Waals surface area (Å²) in [5.74, 6) is 0.303. The first-order chi connectivity index (χ1) is 20.5. The molecule has 0 radical (unpaired) electrons. The normalized spacial score (nSPS) is 11.9. The van der Waals surface area contributed by atoms with Gasteiger partial charge in [0, 0.05) is 18.7 Å². The molecule has 3 aromatic carbocycles. The van der Waals surface area contributed by atoms with Crippen LogP contribution in [0.4, 0.5) is 5.69 Å². The Hall–Kier alpha value is -4.25. The topological polar surface area (TPSA) is 114 Å². The van der Waals surface area contributed by atoms with Crippen LogP contribution < -0.4 is 23.8 Å². The fourth-order valence-electron chi connectivity index (χ4n) is 4.59. The van der Waals surface area contributed by atoms with Crippen molar-refractivity contribution >= 4 is 27.5 Å². The number of ether oxygens (including phenoxy) is 3. The van der Waals surface area contributed by atoms with Gasteiger partial charge in [0.25, 0.3) is 10.0 Å². The summed E-state index contributed by atoms with van der Waals surface area (Å²) in [5, 5.41) is 2.89. The number of hydrogen-bond acceptors (Lipinski definition) is 7. The van der Waals surface area contributed by atoms with Gasteiger partial charge in [-0.05, 0) is 69.2 Å². The molecule has 1 N–H and O–H groups in total. The molecular formula is C32H41N3O7S. The van der Waals surface area contributed by atoms with Crippen molar-refractivity contribution < 1.29 is 32.2 Å². The second kappa shape index (κ2) is 15.3. The third-order valence-electron chi connectivity index (χ3n) is 6.67. The lowest BCUT2D eigenvalue weighted by molar-refractivity contribution is -0.140. The Morgan fingerprint density at radius 2 is 1.53 bits per heavy atom. The molecule has 1 atom stereocenters. The Balaban J connectivity index is 2.10. The van der Waals surface area contributed by atoms with Crippen LogP contribution in [0.5, 0.6) is 17.2 Å². The third-order valence-corrected chi connectivity index (χ3v) is 8.44. The number of rotatable bonds is 15. The molecule has 0 bridgehead atoms. The third kappa shape index (κ3) is 8.41. The van der Waals surface area contributed by atoms with E-state index in [0.717, 1.165) is 9.87 Å². The molecule has 0 heterocycles. The van der Waals surface area contributed by atoms with Gasteiger partial charge in [0.2, 0.25) is 11.8 Å². The number of nitrogens with one attached hydrogen (secondary N) is 1. The molecule has 0 aliphatic heterocycles. The minimum atomic E-state index is -4.30. The quantitative estimate of drug-likeness (QED) is 0.267. The van der Waals surface area contributed by atoms with Crippen molar-refractivity contribution in [3.8, 4) is 17.2 Å². The van der Waals surface area contributed by atoms with Gasteiger partial charge >= 0.3 is 0 Å². The lowest BCUT2D eigenvalue weighted by atomic mass is 10.1. The van der Waals surface area contributed by atoms with Crippen LogP contribution in [0.2, 0.25) is 0 Å². The summed E-state index contributed by atoms with van der Waals surface area (Å²) in [4.78, 5) is 28.8. The van der Waals surface area contributed by atoms with E-state index in [1.807, 2.05) is 58.0 Å². The van der Waals surface area contributed by atoms with Crippen molar-refractivity contribution in [3.05, 3.63) is 78.4 Å². The fourth-order valence-corrected chi connectivity index (χ4v) is 6.02. The second-order valence-corrected chi connectivity index (χ2v) is 11.9. The predicted molar refractivity (Wildman–Crippen MR) is 166 cm³/mol. The Morgan fingerprint density at radius 3 is 2.09 bits per heavy atom. The molecular weight excluding hydrogens is 570 g/mol. The molecule has 0 saturated heterocycles. The van der Waals surface area contributed by atoms with E-state index in [1.54, 1.807) is 24.3 Å². The second-order valence-electron chi connectivity index (χ2n) is 10.0. The van der Waals surface area contributed by atoms with Gasteiger partial charge < -0.3 is 24.4 Å². The van der Waals surface area contributed by atoms with Gasteiger partial charge in [0.05, 0.1) is 31.4 Å². The molecule has 0 saturated carbocycles. The van der Waals surface area contributed by atoms with Gasteiger partial charge in [-0.15, -0.1) is 0 Å². The Morgan fingerprint density at radius 1 is 0.884 bits per heavy atom. The first kappa shape index (κ1) is 33.3. The van der Waals surface area contributed by atoms with Gasteiger partial charge in [-0.3, -0.25) is 13.9 Å². The largest absolute Gasteiger partial charge is 0.494 e. The molecule has 0 spiro atoms. The minimum Gasteiger partial charge on any atom is -0.494 e. The maximum Gasteiger partial charge on any atom is 0.264 e. The Labute approximate surface area is 254 Å². The summed E-state index contributed by atoms with van der Waals surface area (Å²) >= 11 is 0. The zero-order chi connectivity index (χ0) is 31.6. The number of nitrogens with zero attached hydrogens (tertiary/aromatic N) is 2. The van der Waals surface area contributed by atoms with Crippen molar-refractivity contribution in [2.75, 3.05) is 31.7 Å². The Kier molecular flexibility index (Phi) is 11.8. The summed E-state index contributed by atoms with van der Waals surface area (Å²) in [5.41, 5.74) is 1.06. The summed E-state index contributed by atoms with van der Waals surface area (Å²) in [7, 11) is -1.43. The van der Waals surface area contributed by atoms with Crippen LogP contribution in [0.3, 0.4) is 0 Å². The first-order valence-electron chi connectivity index (χ1n) is 14.2. The number of hydrogen-bond donors (Lipinski definition) is 1. The molecule has 3 rings (SSSR count). The van der Waals surface area contributed by atoms with Gasteiger partial charge in [0.1, 0.15) is 18.3 Å². The summed E-state index contributed by atoms with van der Waals surface area (Å²) in [6.45, 7) is 7.37. The maximum absolute atomic E-state index is 14.2. The molecule has 1 unspecified atom stereocenters. The lowest BCUT2D eigenvalue weighted by Crippen LogP contribution is -2.53. The van der Waals surface area contributed by atoms with E-state index in [0.29, 0.717) is 24.5 Å². The van der Waals surface area contributed by atoms with Crippen LogP contribution in [0, 0.1) is 0 Å². The van der Waals surface area contributed by atoms with E-state index < -0.39 is 28.5 Å². The highest BCUT2D eigenvalue weighted by molar-refractivity contribution is 7.92. The zero-order valence-corrected chi connectivity index (χ0v) is 26.4. The van der Waals surface area contributed by atoms with Gasteiger partial charge in [-0.2, -0.15) is 0 Å². The average molecular weight is 612 g/mol. The highest BCUT2D eigenvalue weighted by atomic mass is 32.2. The molecule has 232 valence electrons. The van der Waals surface area contributed by atoms with E-state index in [4.69, 9.17) is 14.2 Å². The standard InChI is InChI=1S/C32H41N3O7S/c1-7-28(32(37)33-23(3)4)34(21-24-12-10-9-11-13-24)31(36)22-35(25-14-16-26(17-15-25)42-8-2)43(38,39)27-18-19-29(40-5)30(20-27)41-6/h9-20,23,28H,7-8,21-22H2,1-6H3,(H,33,37). The van der Waals surface area contributed by atoms with Crippen molar-refractivity contribution in [3.63, 3.8) is 0 Å². The molecule has 11 heteroatoms. The van der Waals surface area contributed by atoms with E-state index in [9.17, 15) is 18.0 Å². The number of carbonyl (C=O) groups is 2. The number of sulfonamides is 1. The number of benzene rings is 3. The molecule has 43 heavy (non-hydrogen) atoms. The van der Waals surface area contributed by atoms with Crippen LogP contribution >= 0.6 is 0 Å².